The van der Waals surface area contributed by atoms with Gasteiger partial charge in [0.15, 0.2) is 5.11 Å². The van der Waals surface area contributed by atoms with Crippen LogP contribution in [0.5, 0.6) is 0 Å². The standard InChI is InChI=1S/C17H15ClF4N4S/c18-14-9-11(17(20,21)22)10-23-15(14)25-5-7-26(8-6-25)16(27)24-13-3-1-12(19)2-4-13/h1-4,9-10H,5-8H2,(H,24,27). The second kappa shape index (κ2) is 7.85. The smallest absolute Gasteiger partial charge is 0.352 e. The number of thiocarbonyl (C=S) groups is 1. The molecule has 2 heterocycles. The van der Waals surface area contributed by atoms with E-state index in [1.165, 1.54) is 12.1 Å². The number of piperazine rings is 1. The summed E-state index contributed by atoms with van der Waals surface area (Å²) in [4.78, 5) is 7.63. The molecule has 0 unspecified atom stereocenters. The Labute approximate surface area is 163 Å². The van der Waals surface area contributed by atoms with E-state index >= 15 is 0 Å². The molecular formula is C17H15ClF4N4S. The Morgan fingerprint density at radius 2 is 1.74 bits per heavy atom. The predicted molar refractivity (Wildman–Crippen MR) is 101 cm³/mol. The normalized spacial score (nSPS) is 15.0. The number of pyridine rings is 1. The first-order chi connectivity index (χ1) is 12.7. The maximum absolute atomic E-state index is 13.0. The molecule has 1 fully saturated rings. The van der Waals surface area contributed by atoms with Crippen LogP contribution in [-0.2, 0) is 6.18 Å². The molecule has 0 bridgehead atoms. The summed E-state index contributed by atoms with van der Waals surface area (Å²) in [5.41, 5.74) is -0.198. The van der Waals surface area contributed by atoms with Gasteiger partial charge in [-0.05, 0) is 42.5 Å². The van der Waals surface area contributed by atoms with Crippen molar-refractivity contribution in [3.8, 4) is 0 Å². The van der Waals surface area contributed by atoms with Crippen LogP contribution in [-0.4, -0.2) is 41.2 Å². The maximum Gasteiger partial charge on any atom is 0.417 e. The summed E-state index contributed by atoms with van der Waals surface area (Å²) < 4.78 is 51.1. The van der Waals surface area contributed by atoms with Gasteiger partial charge in [-0.25, -0.2) is 9.37 Å². The molecule has 1 aliphatic rings. The summed E-state index contributed by atoms with van der Waals surface area (Å²) in [5, 5.41) is 3.49. The van der Waals surface area contributed by atoms with Crippen LogP contribution >= 0.6 is 23.8 Å². The minimum Gasteiger partial charge on any atom is -0.352 e. The number of alkyl halides is 3. The summed E-state index contributed by atoms with van der Waals surface area (Å²) in [7, 11) is 0. The number of benzene rings is 1. The van der Waals surface area contributed by atoms with Crippen LogP contribution in [0.15, 0.2) is 36.5 Å². The van der Waals surface area contributed by atoms with Crippen LogP contribution < -0.4 is 10.2 Å². The lowest BCUT2D eigenvalue weighted by molar-refractivity contribution is -0.137. The molecule has 1 N–H and O–H groups in total. The van der Waals surface area contributed by atoms with Crippen molar-refractivity contribution >= 4 is 40.4 Å². The van der Waals surface area contributed by atoms with E-state index in [0.717, 1.165) is 12.3 Å². The average Bonchev–Trinajstić information content (AvgIpc) is 2.63. The molecule has 0 spiro atoms. The Morgan fingerprint density at radius 1 is 1.11 bits per heavy atom. The zero-order valence-electron chi connectivity index (χ0n) is 13.9. The molecule has 0 radical (unpaired) electrons. The Kier molecular flexibility index (Phi) is 5.71. The summed E-state index contributed by atoms with van der Waals surface area (Å²) in [6.07, 6.45) is -3.69. The van der Waals surface area contributed by atoms with Gasteiger partial charge in [0.1, 0.15) is 11.6 Å². The molecular weight excluding hydrogens is 404 g/mol. The zero-order chi connectivity index (χ0) is 19.6. The largest absolute Gasteiger partial charge is 0.417 e. The molecule has 0 aliphatic carbocycles. The van der Waals surface area contributed by atoms with Crippen molar-refractivity contribution in [2.45, 2.75) is 6.18 Å². The van der Waals surface area contributed by atoms with Gasteiger partial charge in [0.05, 0.1) is 10.6 Å². The average molecular weight is 419 g/mol. The van der Waals surface area contributed by atoms with Crippen molar-refractivity contribution in [3.05, 3.63) is 52.9 Å². The SMILES string of the molecule is Fc1ccc(NC(=S)N2CCN(c3ncc(C(F)(F)F)cc3Cl)CC2)cc1. The van der Waals surface area contributed by atoms with Crippen molar-refractivity contribution in [1.29, 1.82) is 0 Å². The van der Waals surface area contributed by atoms with Crippen molar-refractivity contribution in [2.24, 2.45) is 0 Å². The van der Waals surface area contributed by atoms with E-state index in [2.05, 4.69) is 10.3 Å². The van der Waals surface area contributed by atoms with E-state index in [1.54, 1.807) is 12.1 Å². The predicted octanol–water partition coefficient (Wildman–Crippen LogP) is 4.41. The van der Waals surface area contributed by atoms with E-state index in [1.807, 2.05) is 9.80 Å². The topological polar surface area (TPSA) is 31.4 Å². The van der Waals surface area contributed by atoms with Crippen molar-refractivity contribution in [1.82, 2.24) is 9.88 Å². The molecule has 1 aliphatic heterocycles. The molecule has 0 saturated carbocycles. The fourth-order valence-corrected chi connectivity index (χ4v) is 3.26. The lowest BCUT2D eigenvalue weighted by Gasteiger charge is -2.37. The minimum atomic E-state index is -4.48. The molecule has 2 aromatic rings. The molecule has 144 valence electrons. The molecule has 0 amide bonds. The van der Waals surface area contributed by atoms with Gasteiger partial charge >= 0.3 is 6.18 Å². The summed E-state index contributed by atoms with van der Waals surface area (Å²) in [6, 6.07) is 6.73. The van der Waals surface area contributed by atoms with Crippen LogP contribution in [0, 0.1) is 5.82 Å². The number of nitrogens with one attached hydrogen (secondary N) is 1. The third kappa shape index (κ3) is 4.78. The van der Waals surface area contributed by atoms with E-state index in [4.69, 9.17) is 23.8 Å². The molecule has 1 saturated heterocycles. The van der Waals surface area contributed by atoms with Crippen LogP contribution in [0.2, 0.25) is 5.02 Å². The first-order valence-electron chi connectivity index (χ1n) is 8.03. The monoisotopic (exact) mass is 418 g/mol. The Balaban J connectivity index is 1.60. The van der Waals surface area contributed by atoms with Gasteiger partial charge in [0, 0.05) is 38.1 Å². The highest BCUT2D eigenvalue weighted by Crippen LogP contribution is 2.33. The molecule has 1 aromatic heterocycles. The number of aromatic nitrogens is 1. The number of nitrogens with zero attached hydrogens (tertiary/aromatic N) is 3. The van der Waals surface area contributed by atoms with Gasteiger partial charge < -0.3 is 15.1 Å². The first-order valence-corrected chi connectivity index (χ1v) is 8.82. The van der Waals surface area contributed by atoms with Gasteiger partial charge in [-0.3, -0.25) is 0 Å². The van der Waals surface area contributed by atoms with Gasteiger partial charge in [-0.1, -0.05) is 11.6 Å². The third-order valence-corrected chi connectivity index (χ3v) is 4.75. The molecule has 10 heteroatoms. The fourth-order valence-electron chi connectivity index (χ4n) is 2.68. The van der Waals surface area contributed by atoms with Crippen LogP contribution in [0.25, 0.3) is 0 Å². The van der Waals surface area contributed by atoms with Crippen LogP contribution in [0.1, 0.15) is 5.56 Å². The highest BCUT2D eigenvalue weighted by atomic mass is 35.5. The quantitative estimate of drug-likeness (QED) is 0.576. The number of hydrogen-bond donors (Lipinski definition) is 1. The van der Waals surface area contributed by atoms with Crippen molar-refractivity contribution < 1.29 is 17.6 Å². The molecule has 27 heavy (non-hydrogen) atoms. The first kappa shape index (κ1) is 19.6. The Morgan fingerprint density at radius 3 is 2.30 bits per heavy atom. The van der Waals surface area contributed by atoms with E-state index in [0.29, 0.717) is 42.8 Å². The number of hydrogen-bond acceptors (Lipinski definition) is 3. The highest BCUT2D eigenvalue weighted by Gasteiger charge is 2.32. The summed E-state index contributed by atoms with van der Waals surface area (Å²) in [5.74, 6) is -0.0114. The molecule has 3 rings (SSSR count). The van der Waals surface area contributed by atoms with Crippen LogP contribution in [0.3, 0.4) is 0 Å². The lowest BCUT2D eigenvalue weighted by Crippen LogP contribution is -2.50. The highest BCUT2D eigenvalue weighted by molar-refractivity contribution is 7.80. The summed E-state index contributed by atoms with van der Waals surface area (Å²) >= 11 is 11.4. The van der Waals surface area contributed by atoms with E-state index in [-0.39, 0.29) is 10.8 Å². The molecule has 1 aromatic carbocycles. The lowest BCUT2D eigenvalue weighted by atomic mass is 10.2. The second-order valence-electron chi connectivity index (χ2n) is 5.94. The van der Waals surface area contributed by atoms with Crippen molar-refractivity contribution in [2.75, 3.05) is 36.4 Å². The number of anilines is 2. The maximum atomic E-state index is 13.0. The third-order valence-electron chi connectivity index (χ3n) is 4.11. The van der Waals surface area contributed by atoms with Gasteiger partial charge in [-0.15, -0.1) is 0 Å². The number of rotatable bonds is 2. The van der Waals surface area contributed by atoms with E-state index < -0.39 is 11.7 Å². The fraction of sp³-hybridized carbons (Fsp3) is 0.294. The van der Waals surface area contributed by atoms with Crippen molar-refractivity contribution in [3.63, 3.8) is 0 Å². The second-order valence-corrected chi connectivity index (χ2v) is 6.73. The van der Waals surface area contributed by atoms with E-state index in [9.17, 15) is 17.6 Å². The number of halogens is 5. The minimum absolute atomic E-state index is 0.0368. The molecule has 0 atom stereocenters. The van der Waals surface area contributed by atoms with Gasteiger partial charge in [0.2, 0.25) is 0 Å². The van der Waals surface area contributed by atoms with Crippen LogP contribution in [0.4, 0.5) is 29.1 Å². The Hall–Kier alpha value is -2.13. The molecule has 4 nitrogen and oxygen atoms in total. The summed E-state index contributed by atoms with van der Waals surface area (Å²) in [6.45, 7) is 2.10. The Bertz CT molecular complexity index is 821. The zero-order valence-corrected chi connectivity index (χ0v) is 15.5. The van der Waals surface area contributed by atoms with Gasteiger partial charge in [0.25, 0.3) is 0 Å². The van der Waals surface area contributed by atoms with Gasteiger partial charge in [-0.2, -0.15) is 13.2 Å².